The van der Waals surface area contributed by atoms with Crippen LogP contribution in [-0.4, -0.2) is 63.6 Å². The van der Waals surface area contributed by atoms with E-state index < -0.39 is 5.92 Å². The van der Waals surface area contributed by atoms with Crippen LogP contribution in [0.5, 0.6) is 11.5 Å². The van der Waals surface area contributed by atoms with Gasteiger partial charge in [-0.1, -0.05) is 36.4 Å². The van der Waals surface area contributed by atoms with Gasteiger partial charge >= 0.3 is 5.97 Å². The zero-order chi connectivity index (χ0) is 23.8. The van der Waals surface area contributed by atoms with E-state index in [0.29, 0.717) is 35.0 Å². The molecular formula is C26H26N5O4+. The van der Waals surface area contributed by atoms with E-state index in [9.17, 15) is 9.59 Å². The van der Waals surface area contributed by atoms with E-state index in [2.05, 4.69) is 20.3 Å². The fraction of sp³-hybridized carbons (Fsp3) is 0.346. The maximum absolute atomic E-state index is 13.6. The summed E-state index contributed by atoms with van der Waals surface area (Å²) in [7, 11) is 0. The molecule has 0 radical (unpaired) electrons. The standard InChI is InChI=1S/C26H25N5O4/c32-23(30-26-28-15-27-16-29-26)14-31-11-9-17(10-12-31)22(13-31)35-25(33)24-18-5-1-3-7-20(18)34-21-8-4-2-6-19(21)24/h1-8,15-17,22,24H,9-14H2/p+1. The first kappa shape index (κ1) is 21.7. The quantitative estimate of drug-likeness (QED) is 0.450. The normalized spacial score (nSPS) is 24.6. The van der Waals surface area contributed by atoms with Crippen molar-refractivity contribution >= 4 is 17.8 Å². The number of nitrogens with one attached hydrogen (secondary N) is 1. The number of carbonyl (C=O) groups excluding carboxylic acids is 2. The Morgan fingerprint density at radius 3 is 2.26 bits per heavy atom. The highest BCUT2D eigenvalue weighted by molar-refractivity contribution is 5.89. The van der Waals surface area contributed by atoms with E-state index in [1.807, 2.05) is 48.5 Å². The molecule has 3 aromatic rings. The number of quaternary nitrogens is 1. The molecule has 1 unspecified atom stereocenters. The highest BCUT2D eigenvalue weighted by Crippen LogP contribution is 2.45. The number of amides is 1. The first-order chi connectivity index (χ1) is 17.1. The molecule has 1 atom stereocenters. The van der Waals surface area contributed by atoms with Gasteiger partial charge in [-0.2, -0.15) is 0 Å². The first-order valence-corrected chi connectivity index (χ1v) is 11.9. The number of anilines is 1. The van der Waals surface area contributed by atoms with Crippen LogP contribution >= 0.6 is 0 Å². The van der Waals surface area contributed by atoms with Crippen molar-refractivity contribution in [3.63, 3.8) is 0 Å². The minimum absolute atomic E-state index is 0.145. The van der Waals surface area contributed by atoms with Gasteiger partial charge in [0.25, 0.3) is 5.91 Å². The largest absolute Gasteiger partial charge is 0.457 e. The second-order valence-corrected chi connectivity index (χ2v) is 9.56. The number of carbonyl (C=O) groups is 2. The molecule has 0 spiro atoms. The summed E-state index contributed by atoms with van der Waals surface area (Å²) in [4.78, 5) is 38.1. The van der Waals surface area contributed by atoms with Gasteiger partial charge in [-0.15, -0.1) is 0 Å². The number of esters is 1. The molecule has 0 saturated carbocycles. The second-order valence-electron chi connectivity index (χ2n) is 9.56. The van der Waals surface area contributed by atoms with Crippen LogP contribution in [-0.2, 0) is 14.3 Å². The second kappa shape index (κ2) is 8.74. The molecule has 4 aliphatic heterocycles. The van der Waals surface area contributed by atoms with E-state index >= 15 is 0 Å². The highest BCUT2D eigenvalue weighted by Gasteiger charge is 2.49. The van der Waals surface area contributed by atoms with Crippen molar-refractivity contribution in [2.45, 2.75) is 24.9 Å². The van der Waals surface area contributed by atoms with Crippen LogP contribution in [0.4, 0.5) is 5.95 Å². The molecule has 7 rings (SSSR count). The maximum atomic E-state index is 13.6. The number of para-hydroxylation sites is 2. The molecule has 4 aliphatic rings. The number of benzene rings is 2. The summed E-state index contributed by atoms with van der Waals surface area (Å²) in [5.74, 6) is 0.979. The van der Waals surface area contributed by atoms with Gasteiger partial charge in [-0.25, -0.2) is 15.0 Å². The number of nitrogens with zero attached hydrogens (tertiary/aromatic N) is 4. The molecule has 2 aromatic carbocycles. The minimum atomic E-state index is -0.535. The van der Waals surface area contributed by atoms with Gasteiger partial charge in [0.05, 0.1) is 13.1 Å². The SMILES string of the molecule is O=C(C[N+]12CCC(CC1)C(OC(=O)C1c3ccccc3Oc3ccccc31)C2)Nc1ncncn1. The van der Waals surface area contributed by atoms with Crippen LogP contribution < -0.4 is 10.1 Å². The van der Waals surface area contributed by atoms with Crippen LogP contribution in [0.3, 0.4) is 0 Å². The number of aromatic nitrogens is 3. The molecule has 1 amide bonds. The average Bonchev–Trinajstić information content (AvgIpc) is 2.88. The number of rotatable bonds is 5. The third-order valence-corrected chi connectivity index (χ3v) is 7.45. The third kappa shape index (κ3) is 4.12. The summed E-state index contributed by atoms with van der Waals surface area (Å²) in [6.45, 7) is 2.72. The molecule has 3 fully saturated rings. The Hall–Kier alpha value is -3.85. The minimum Gasteiger partial charge on any atom is -0.457 e. The van der Waals surface area contributed by atoms with Crippen molar-refractivity contribution in [1.82, 2.24) is 15.0 Å². The van der Waals surface area contributed by atoms with Crippen molar-refractivity contribution in [1.29, 1.82) is 0 Å². The topological polar surface area (TPSA) is 103 Å². The highest BCUT2D eigenvalue weighted by atomic mass is 16.5. The maximum Gasteiger partial charge on any atom is 0.318 e. The predicted molar refractivity (Wildman–Crippen MR) is 126 cm³/mol. The van der Waals surface area contributed by atoms with Gasteiger partial charge in [-0.05, 0) is 12.1 Å². The molecule has 0 aliphatic carbocycles. The Labute approximate surface area is 202 Å². The summed E-state index contributed by atoms with van der Waals surface area (Å²) in [5.41, 5.74) is 1.64. The number of piperidine rings is 3. The number of fused-ring (bicyclic) bond motifs is 5. The Morgan fingerprint density at radius 1 is 0.971 bits per heavy atom. The predicted octanol–water partition coefficient (Wildman–Crippen LogP) is 2.90. The third-order valence-electron chi connectivity index (χ3n) is 7.45. The number of ether oxygens (including phenoxy) is 2. The lowest BCUT2D eigenvalue weighted by Gasteiger charge is -2.51. The lowest BCUT2D eigenvalue weighted by Crippen LogP contribution is -2.66. The zero-order valence-corrected chi connectivity index (χ0v) is 19.2. The molecule has 2 bridgehead atoms. The van der Waals surface area contributed by atoms with E-state index in [4.69, 9.17) is 9.47 Å². The smallest absolute Gasteiger partial charge is 0.318 e. The number of hydrogen-bond donors (Lipinski definition) is 1. The van der Waals surface area contributed by atoms with Gasteiger partial charge in [0.2, 0.25) is 5.95 Å². The summed E-state index contributed by atoms with van der Waals surface area (Å²) in [6.07, 6.45) is 4.33. The number of hydrogen-bond acceptors (Lipinski definition) is 7. The van der Waals surface area contributed by atoms with Crippen molar-refractivity contribution in [3.05, 3.63) is 72.3 Å². The fourth-order valence-electron chi connectivity index (χ4n) is 5.73. The fourth-order valence-corrected chi connectivity index (χ4v) is 5.73. The summed E-state index contributed by atoms with van der Waals surface area (Å²) < 4.78 is 12.9. The van der Waals surface area contributed by atoms with E-state index in [1.54, 1.807) is 0 Å². The molecule has 9 nitrogen and oxygen atoms in total. The molecule has 3 saturated heterocycles. The van der Waals surface area contributed by atoms with Gasteiger partial charge in [0, 0.05) is 29.9 Å². The molecule has 9 heteroatoms. The molecule has 1 aromatic heterocycles. The Morgan fingerprint density at radius 2 is 1.60 bits per heavy atom. The Bertz CT molecular complexity index is 1210. The summed E-state index contributed by atoms with van der Waals surface area (Å²) >= 11 is 0. The van der Waals surface area contributed by atoms with Crippen molar-refractivity contribution in [2.75, 3.05) is 31.5 Å². The lowest BCUT2D eigenvalue weighted by atomic mass is 9.82. The molecule has 1 N–H and O–H groups in total. The Kier molecular flexibility index (Phi) is 5.41. The van der Waals surface area contributed by atoms with E-state index in [1.165, 1.54) is 12.7 Å². The van der Waals surface area contributed by atoms with E-state index in [0.717, 1.165) is 37.1 Å². The molecule has 178 valence electrons. The van der Waals surface area contributed by atoms with Crippen molar-refractivity contribution < 1.29 is 23.5 Å². The zero-order valence-electron chi connectivity index (χ0n) is 19.2. The van der Waals surface area contributed by atoms with Crippen molar-refractivity contribution in [2.24, 2.45) is 5.92 Å². The van der Waals surface area contributed by atoms with E-state index in [-0.39, 0.29) is 23.9 Å². The van der Waals surface area contributed by atoms with Gasteiger partial charge in [0.15, 0.2) is 12.6 Å². The molecule has 5 heterocycles. The van der Waals surface area contributed by atoms with Crippen LogP contribution in [0.25, 0.3) is 0 Å². The van der Waals surface area contributed by atoms with Crippen LogP contribution in [0.2, 0.25) is 0 Å². The first-order valence-electron chi connectivity index (χ1n) is 11.9. The average molecular weight is 473 g/mol. The Balaban J connectivity index is 1.19. The molecule has 35 heavy (non-hydrogen) atoms. The van der Waals surface area contributed by atoms with Crippen LogP contribution in [0.1, 0.15) is 29.9 Å². The lowest BCUT2D eigenvalue weighted by molar-refractivity contribution is -0.938. The monoisotopic (exact) mass is 472 g/mol. The van der Waals surface area contributed by atoms with Crippen molar-refractivity contribution in [3.8, 4) is 11.5 Å². The van der Waals surface area contributed by atoms with Gasteiger partial charge < -0.3 is 14.0 Å². The molecular weight excluding hydrogens is 446 g/mol. The van der Waals surface area contributed by atoms with Crippen LogP contribution in [0.15, 0.2) is 61.2 Å². The van der Waals surface area contributed by atoms with Crippen LogP contribution in [0, 0.1) is 5.92 Å². The summed E-state index contributed by atoms with van der Waals surface area (Å²) in [5, 5.41) is 2.76. The van der Waals surface area contributed by atoms with Gasteiger partial charge in [-0.3, -0.25) is 14.9 Å². The van der Waals surface area contributed by atoms with Gasteiger partial charge in [0.1, 0.15) is 36.6 Å². The summed E-state index contributed by atoms with van der Waals surface area (Å²) in [6, 6.07) is 15.2.